The molecule has 146 valence electrons. The number of hydrogen-bond acceptors (Lipinski definition) is 5. The molecular formula is C18H25N5O4. The number of amides is 3. The molecule has 2 rings (SSSR count). The summed E-state index contributed by atoms with van der Waals surface area (Å²) < 4.78 is 4.84. The van der Waals surface area contributed by atoms with Gasteiger partial charge in [-0.25, -0.2) is 4.79 Å². The van der Waals surface area contributed by atoms with Gasteiger partial charge in [-0.05, 0) is 44.5 Å². The highest BCUT2D eigenvalue weighted by Crippen LogP contribution is 2.22. The number of nitrogen functional groups attached to an aromatic ring is 1. The summed E-state index contributed by atoms with van der Waals surface area (Å²) in [5.41, 5.74) is 6.69. The molecular weight excluding hydrogens is 350 g/mol. The van der Waals surface area contributed by atoms with E-state index < -0.39 is 18.1 Å². The van der Waals surface area contributed by atoms with Gasteiger partial charge in [-0.1, -0.05) is 0 Å². The van der Waals surface area contributed by atoms with E-state index in [1.807, 2.05) is 0 Å². The van der Waals surface area contributed by atoms with Crippen LogP contribution in [0.2, 0.25) is 0 Å². The molecule has 3 amide bonds. The van der Waals surface area contributed by atoms with Crippen LogP contribution < -0.4 is 21.3 Å². The van der Waals surface area contributed by atoms with E-state index in [1.54, 1.807) is 43.0 Å². The van der Waals surface area contributed by atoms with Gasteiger partial charge in [0.15, 0.2) is 0 Å². The number of benzene rings is 1. The molecule has 27 heavy (non-hydrogen) atoms. The summed E-state index contributed by atoms with van der Waals surface area (Å²) in [6.07, 6.45) is 0.543. The predicted molar refractivity (Wildman–Crippen MR) is 101 cm³/mol. The highest BCUT2D eigenvalue weighted by atomic mass is 16.5. The minimum Gasteiger partial charge on any atom is -0.466 e. The van der Waals surface area contributed by atoms with Crippen molar-refractivity contribution in [2.24, 2.45) is 5.73 Å². The summed E-state index contributed by atoms with van der Waals surface area (Å²) in [7, 11) is 0. The molecule has 0 radical (unpaired) electrons. The highest BCUT2D eigenvalue weighted by Gasteiger charge is 2.33. The molecule has 0 saturated carbocycles. The number of rotatable bonds is 7. The average Bonchev–Trinajstić information content (AvgIpc) is 2.95. The smallest absolute Gasteiger partial charge is 0.315 e. The molecule has 1 saturated heterocycles. The van der Waals surface area contributed by atoms with Crippen molar-refractivity contribution in [1.29, 1.82) is 5.41 Å². The Morgan fingerprint density at radius 1 is 1.37 bits per heavy atom. The number of nitrogens with two attached hydrogens (primary N) is 1. The number of amidine groups is 1. The van der Waals surface area contributed by atoms with Gasteiger partial charge in [0.2, 0.25) is 5.91 Å². The normalized spacial score (nSPS) is 17.3. The van der Waals surface area contributed by atoms with Gasteiger partial charge in [0.05, 0.1) is 13.0 Å². The predicted octanol–water partition coefficient (Wildman–Crippen LogP) is 0.717. The van der Waals surface area contributed by atoms with Crippen molar-refractivity contribution in [3.05, 3.63) is 29.8 Å². The molecule has 9 nitrogen and oxygen atoms in total. The standard InChI is InChI=1S/C18H25N5O4/c1-3-27-15(24)10-11(2)21-18(26)22-14-8-9-23(17(14)25)13-6-4-12(5-7-13)16(19)20/h4-7,11,14H,3,8-10H2,1-2H3,(H3,19,20)(H2,21,22,26)/t11-,14?/m1/s1. The molecule has 1 unspecified atom stereocenters. The first-order valence-corrected chi connectivity index (χ1v) is 8.80. The van der Waals surface area contributed by atoms with Crippen LogP contribution in [0, 0.1) is 5.41 Å². The first kappa shape index (κ1) is 20.2. The minimum absolute atomic E-state index is 0.0394. The van der Waals surface area contributed by atoms with Gasteiger partial charge in [0.1, 0.15) is 11.9 Å². The fraction of sp³-hybridized carbons (Fsp3) is 0.444. The lowest BCUT2D eigenvalue weighted by Crippen LogP contribution is -2.48. The molecule has 0 spiro atoms. The molecule has 0 aliphatic carbocycles. The number of urea groups is 1. The second-order valence-corrected chi connectivity index (χ2v) is 6.32. The van der Waals surface area contributed by atoms with Crippen LogP contribution >= 0.6 is 0 Å². The lowest BCUT2D eigenvalue weighted by atomic mass is 10.2. The second-order valence-electron chi connectivity index (χ2n) is 6.32. The van der Waals surface area contributed by atoms with E-state index in [0.29, 0.717) is 24.2 Å². The Bertz CT molecular complexity index is 719. The van der Waals surface area contributed by atoms with E-state index in [4.69, 9.17) is 15.9 Å². The quantitative estimate of drug-likeness (QED) is 0.316. The van der Waals surface area contributed by atoms with Gasteiger partial charge < -0.3 is 26.0 Å². The number of carbonyl (C=O) groups excluding carboxylic acids is 3. The van der Waals surface area contributed by atoms with Crippen molar-refractivity contribution < 1.29 is 19.1 Å². The van der Waals surface area contributed by atoms with Crippen LogP contribution in [0.3, 0.4) is 0 Å². The third-order valence-corrected chi connectivity index (χ3v) is 4.16. The van der Waals surface area contributed by atoms with Gasteiger partial charge in [-0.15, -0.1) is 0 Å². The Hall–Kier alpha value is -3.10. The van der Waals surface area contributed by atoms with Crippen LogP contribution in [0.15, 0.2) is 24.3 Å². The Morgan fingerprint density at radius 2 is 2.04 bits per heavy atom. The van der Waals surface area contributed by atoms with Crippen molar-refractivity contribution >= 4 is 29.4 Å². The van der Waals surface area contributed by atoms with Crippen molar-refractivity contribution in [1.82, 2.24) is 10.6 Å². The van der Waals surface area contributed by atoms with Crippen LogP contribution in [0.25, 0.3) is 0 Å². The topological polar surface area (TPSA) is 138 Å². The number of carbonyl (C=O) groups is 3. The van der Waals surface area contributed by atoms with Crippen molar-refractivity contribution in [2.75, 3.05) is 18.1 Å². The summed E-state index contributed by atoms with van der Waals surface area (Å²) in [5, 5.41) is 12.7. The van der Waals surface area contributed by atoms with Crippen LogP contribution in [0.4, 0.5) is 10.5 Å². The van der Waals surface area contributed by atoms with Gasteiger partial charge in [0.25, 0.3) is 0 Å². The zero-order valence-corrected chi connectivity index (χ0v) is 15.5. The maximum atomic E-state index is 12.6. The fourth-order valence-electron chi connectivity index (χ4n) is 2.84. The summed E-state index contributed by atoms with van der Waals surface area (Å²) in [6, 6.07) is 5.25. The summed E-state index contributed by atoms with van der Waals surface area (Å²) in [6.45, 7) is 4.17. The highest BCUT2D eigenvalue weighted by molar-refractivity contribution is 6.02. The first-order valence-electron chi connectivity index (χ1n) is 8.80. The maximum absolute atomic E-state index is 12.6. The van der Waals surface area contributed by atoms with E-state index >= 15 is 0 Å². The molecule has 1 aromatic rings. The number of anilines is 1. The Balaban J connectivity index is 1.88. The zero-order chi connectivity index (χ0) is 20.0. The van der Waals surface area contributed by atoms with Crippen molar-refractivity contribution in [3.63, 3.8) is 0 Å². The molecule has 1 aliphatic rings. The van der Waals surface area contributed by atoms with Crippen LogP contribution in [0.1, 0.15) is 32.3 Å². The molecule has 5 N–H and O–H groups in total. The Morgan fingerprint density at radius 3 is 2.63 bits per heavy atom. The lowest BCUT2D eigenvalue weighted by Gasteiger charge is -2.19. The maximum Gasteiger partial charge on any atom is 0.315 e. The molecule has 9 heteroatoms. The zero-order valence-electron chi connectivity index (χ0n) is 15.5. The van der Waals surface area contributed by atoms with Gasteiger partial charge >= 0.3 is 12.0 Å². The van der Waals surface area contributed by atoms with E-state index in [1.165, 1.54) is 0 Å². The molecule has 1 fully saturated rings. The van der Waals surface area contributed by atoms with Crippen molar-refractivity contribution in [2.45, 2.75) is 38.8 Å². The largest absolute Gasteiger partial charge is 0.466 e. The Kier molecular flexibility index (Phi) is 6.75. The number of nitrogens with zero attached hydrogens (tertiary/aromatic N) is 1. The molecule has 1 aliphatic heterocycles. The summed E-state index contributed by atoms with van der Waals surface area (Å²) in [4.78, 5) is 37.6. The third-order valence-electron chi connectivity index (χ3n) is 4.16. The first-order chi connectivity index (χ1) is 12.8. The van der Waals surface area contributed by atoms with E-state index in [-0.39, 0.29) is 30.7 Å². The molecule has 2 atom stereocenters. The number of nitrogens with one attached hydrogen (secondary N) is 3. The monoisotopic (exact) mass is 375 g/mol. The molecule has 1 heterocycles. The molecule has 1 aromatic carbocycles. The number of hydrogen-bond donors (Lipinski definition) is 4. The second kappa shape index (κ2) is 9.02. The van der Waals surface area contributed by atoms with Gasteiger partial charge in [-0.3, -0.25) is 15.0 Å². The average molecular weight is 375 g/mol. The van der Waals surface area contributed by atoms with Gasteiger partial charge in [-0.2, -0.15) is 0 Å². The van der Waals surface area contributed by atoms with Crippen LogP contribution in [-0.4, -0.2) is 49.0 Å². The number of ether oxygens (including phenoxy) is 1. The van der Waals surface area contributed by atoms with E-state index in [2.05, 4.69) is 10.6 Å². The summed E-state index contributed by atoms with van der Waals surface area (Å²) >= 11 is 0. The van der Waals surface area contributed by atoms with Gasteiger partial charge in [0, 0.05) is 23.8 Å². The van der Waals surface area contributed by atoms with Crippen LogP contribution in [0.5, 0.6) is 0 Å². The molecule has 0 bridgehead atoms. The molecule has 0 aromatic heterocycles. The van der Waals surface area contributed by atoms with E-state index in [9.17, 15) is 14.4 Å². The Labute approximate surface area is 157 Å². The summed E-state index contributed by atoms with van der Waals surface area (Å²) in [5.74, 6) is -0.636. The minimum atomic E-state index is -0.632. The number of esters is 1. The van der Waals surface area contributed by atoms with Crippen molar-refractivity contribution in [3.8, 4) is 0 Å². The lowest BCUT2D eigenvalue weighted by molar-refractivity contribution is -0.143. The third kappa shape index (κ3) is 5.44. The van der Waals surface area contributed by atoms with Crippen LogP contribution in [-0.2, 0) is 14.3 Å². The SMILES string of the molecule is CCOC(=O)C[C@@H](C)NC(=O)NC1CCN(c2ccc(C(=N)N)cc2)C1=O. The fourth-order valence-corrected chi connectivity index (χ4v) is 2.84. The van der Waals surface area contributed by atoms with E-state index in [0.717, 1.165) is 0 Å².